The largest absolute Gasteiger partial charge is 0.379 e. The van der Waals surface area contributed by atoms with E-state index in [1.54, 1.807) is 12.1 Å². The second kappa shape index (κ2) is 7.57. The lowest BCUT2D eigenvalue weighted by molar-refractivity contribution is 0.0342. The molecule has 0 aliphatic carbocycles. The molecule has 1 saturated heterocycles. The molecule has 126 valence electrons. The average Bonchev–Trinajstić information content (AvgIpc) is 2.57. The van der Waals surface area contributed by atoms with Crippen LogP contribution in [0.25, 0.3) is 0 Å². The molecule has 1 amide bonds. The predicted molar refractivity (Wildman–Crippen MR) is 96.0 cm³/mol. The molecule has 0 atom stereocenters. The second-order valence-corrected chi connectivity index (χ2v) is 6.13. The maximum atomic E-state index is 11.5. The van der Waals surface area contributed by atoms with Gasteiger partial charge in [-0.3, -0.25) is 9.69 Å². The topological polar surface area (TPSA) is 83.4 Å². The van der Waals surface area contributed by atoms with Gasteiger partial charge in [0.15, 0.2) is 0 Å². The zero-order valence-corrected chi connectivity index (χ0v) is 14.1. The van der Waals surface area contributed by atoms with E-state index in [0.29, 0.717) is 16.0 Å². The Morgan fingerprint density at radius 2 is 1.92 bits per heavy atom. The van der Waals surface area contributed by atoms with Crippen molar-refractivity contribution >= 4 is 29.6 Å². The number of morpholine rings is 1. The summed E-state index contributed by atoms with van der Waals surface area (Å²) in [6, 6.07) is 11.4. The molecule has 0 unspecified atom stereocenters. The zero-order chi connectivity index (χ0) is 16.9. The minimum atomic E-state index is -0.507. The summed E-state index contributed by atoms with van der Waals surface area (Å²) in [4.78, 5) is 16.8. The molecule has 0 spiro atoms. The first-order valence-corrected chi connectivity index (χ1v) is 8.22. The molecule has 1 aliphatic heterocycles. The average molecular weight is 344 g/mol. The van der Waals surface area contributed by atoms with Gasteiger partial charge in [-0.1, -0.05) is 24.4 Å². The molecule has 2 aromatic rings. The van der Waals surface area contributed by atoms with Gasteiger partial charge in [-0.05, 0) is 29.8 Å². The van der Waals surface area contributed by atoms with Gasteiger partial charge < -0.3 is 20.8 Å². The van der Waals surface area contributed by atoms with Crippen LogP contribution in [0.3, 0.4) is 0 Å². The molecule has 0 bridgehead atoms. The Hall–Kier alpha value is -2.22. The Bertz CT molecular complexity index is 767. The minimum Gasteiger partial charge on any atom is -0.379 e. The van der Waals surface area contributed by atoms with E-state index in [2.05, 4.69) is 27.3 Å². The van der Waals surface area contributed by atoms with Crippen LogP contribution in [-0.4, -0.2) is 42.1 Å². The van der Waals surface area contributed by atoms with Crippen molar-refractivity contribution in [1.29, 1.82) is 0 Å². The van der Waals surface area contributed by atoms with E-state index in [-0.39, 0.29) is 0 Å². The molecule has 1 aliphatic rings. The van der Waals surface area contributed by atoms with Crippen LogP contribution >= 0.6 is 12.2 Å². The van der Waals surface area contributed by atoms with Crippen molar-refractivity contribution in [3.05, 3.63) is 52.2 Å². The van der Waals surface area contributed by atoms with Gasteiger partial charge in [0.25, 0.3) is 5.91 Å². The van der Waals surface area contributed by atoms with Gasteiger partial charge in [0.05, 0.1) is 18.8 Å². The number of ether oxygens (including phenoxy) is 1. The first-order valence-electron chi connectivity index (χ1n) is 7.81. The molecule has 1 aromatic carbocycles. The smallest absolute Gasteiger partial charge is 0.252 e. The van der Waals surface area contributed by atoms with E-state index >= 15 is 0 Å². The number of pyridine rings is 1. The number of aromatic nitrogens is 1. The number of nitrogens with zero attached hydrogens (tertiary/aromatic N) is 1. The zero-order valence-electron chi connectivity index (χ0n) is 13.2. The third kappa shape index (κ3) is 4.19. The maximum absolute atomic E-state index is 11.5. The summed E-state index contributed by atoms with van der Waals surface area (Å²) in [6.45, 7) is 4.42. The number of nitrogens with one attached hydrogen (secondary N) is 2. The number of carbonyl (C=O) groups excluding carboxylic acids is 1. The first kappa shape index (κ1) is 16.6. The highest BCUT2D eigenvalue weighted by Gasteiger charge is 2.11. The van der Waals surface area contributed by atoms with Gasteiger partial charge in [0, 0.05) is 25.3 Å². The summed E-state index contributed by atoms with van der Waals surface area (Å²) >= 11 is 5.11. The number of hydrogen-bond donors (Lipinski definition) is 3. The SMILES string of the molecule is NC(=O)c1ccc(=S)[nH]c1Nc1ccc(CN2CCOCC2)cc1. The summed E-state index contributed by atoms with van der Waals surface area (Å²) in [5.74, 6) is 0.00335. The highest BCUT2D eigenvalue weighted by atomic mass is 32.1. The normalized spacial score (nSPS) is 15.2. The van der Waals surface area contributed by atoms with Gasteiger partial charge in [-0.25, -0.2) is 0 Å². The van der Waals surface area contributed by atoms with Gasteiger partial charge in [-0.2, -0.15) is 0 Å². The maximum Gasteiger partial charge on any atom is 0.252 e. The van der Waals surface area contributed by atoms with E-state index in [0.717, 1.165) is 38.5 Å². The fraction of sp³-hybridized carbons (Fsp3) is 0.294. The van der Waals surface area contributed by atoms with E-state index in [9.17, 15) is 4.79 Å². The molecule has 1 aromatic heterocycles. The lowest BCUT2D eigenvalue weighted by Crippen LogP contribution is -2.35. The summed E-state index contributed by atoms with van der Waals surface area (Å²) in [6.07, 6.45) is 0. The van der Waals surface area contributed by atoms with Crippen molar-refractivity contribution in [3.8, 4) is 0 Å². The molecule has 0 saturated carbocycles. The summed E-state index contributed by atoms with van der Waals surface area (Å²) in [5.41, 5.74) is 7.87. The van der Waals surface area contributed by atoms with E-state index < -0.39 is 5.91 Å². The fourth-order valence-electron chi connectivity index (χ4n) is 2.63. The van der Waals surface area contributed by atoms with Crippen LogP contribution < -0.4 is 11.1 Å². The van der Waals surface area contributed by atoms with Crippen LogP contribution in [0.2, 0.25) is 0 Å². The van der Waals surface area contributed by atoms with Crippen molar-refractivity contribution in [2.75, 3.05) is 31.6 Å². The summed E-state index contributed by atoms with van der Waals surface area (Å²) in [5, 5.41) is 3.17. The Balaban J connectivity index is 1.71. The number of hydrogen-bond acceptors (Lipinski definition) is 5. The predicted octanol–water partition coefficient (Wildman–Crippen LogP) is 2.42. The number of rotatable bonds is 5. The lowest BCUT2D eigenvalue weighted by atomic mass is 10.1. The Morgan fingerprint density at radius 1 is 1.21 bits per heavy atom. The molecule has 1 fully saturated rings. The van der Waals surface area contributed by atoms with Crippen molar-refractivity contribution in [2.45, 2.75) is 6.54 Å². The number of nitrogens with two attached hydrogens (primary N) is 1. The monoisotopic (exact) mass is 344 g/mol. The number of anilines is 2. The highest BCUT2D eigenvalue weighted by Crippen LogP contribution is 2.19. The quantitative estimate of drug-likeness (QED) is 0.726. The second-order valence-electron chi connectivity index (χ2n) is 5.69. The molecule has 0 radical (unpaired) electrons. The van der Waals surface area contributed by atoms with E-state index in [1.165, 1.54) is 5.56 Å². The van der Waals surface area contributed by atoms with Crippen LogP contribution in [0.1, 0.15) is 15.9 Å². The van der Waals surface area contributed by atoms with Gasteiger partial charge >= 0.3 is 0 Å². The van der Waals surface area contributed by atoms with Crippen molar-refractivity contribution in [2.24, 2.45) is 5.73 Å². The van der Waals surface area contributed by atoms with Gasteiger partial charge in [-0.15, -0.1) is 0 Å². The Kier molecular flexibility index (Phi) is 5.24. The van der Waals surface area contributed by atoms with E-state index in [1.807, 2.05) is 12.1 Å². The third-order valence-corrected chi connectivity index (χ3v) is 4.16. The molecule has 4 N–H and O–H groups in total. The van der Waals surface area contributed by atoms with Crippen molar-refractivity contribution in [1.82, 2.24) is 9.88 Å². The van der Waals surface area contributed by atoms with Crippen LogP contribution in [0.4, 0.5) is 11.5 Å². The van der Waals surface area contributed by atoms with Crippen LogP contribution in [-0.2, 0) is 11.3 Å². The van der Waals surface area contributed by atoms with Gasteiger partial charge in [0.2, 0.25) is 0 Å². The Labute approximate surface area is 145 Å². The number of aromatic amines is 1. The minimum absolute atomic E-state index is 0.376. The van der Waals surface area contributed by atoms with E-state index in [4.69, 9.17) is 22.7 Å². The first-order chi connectivity index (χ1) is 11.6. The molecule has 6 nitrogen and oxygen atoms in total. The number of amides is 1. The number of carbonyl (C=O) groups is 1. The molecule has 7 heteroatoms. The molecular weight excluding hydrogens is 324 g/mol. The van der Waals surface area contributed by atoms with Crippen molar-refractivity contribution < 1.29 is 9.53 Å². The van der Waals surface area contributed by atoms with Crippen molar-refractivity contribution in [3.63, 3.8) is 0 Å². The molecular formula is C17H20N4O2S. The standard InChI is InChI=1S/C17H20N4O2S/c18-16(22)14-5-6-15(24)20-17(14)19-13-3-1-12(2-4-13)11-21-7-9-23-10-8-21/h1-6H,7-11H2,(H2,18,22)(H2,19,20,24). The molecule has 24 heavy (non-hydrogen) atoms. The fourth-order valence-corrected chi connectivity index (χ4v) is 2.80. The van der Waals surface area contributed by atoms with Gasteiger partial charge in [0.1, 0.15) is 10.5 Å². The number of primary amides is 1. The third-order valence-electron chi connectivity index (χ3n) is 3.92. The summed E-state index contributed by atoms with van der Waals surface area (Å²) < 4.78 is 5.90. The van der Waals surface area contributed by atoms with Crippen LogP contribution in [0, 0.1) is 4.64 Å². The van der Waals surface area contributed by atoms with Crippen LogP contribution in [0.15, 0.2) is 36.4 Å². The molecule has 2 heterocycles. The number of benzene rings is 1. The molecule has 3 rings (SSSR count). The van der Waals surface area contributed by atoms with Crippen LogP contribution in [0.5, 0.6) is 0 Å². The number of H-pyrrole nitrogens is 1. The lowest BCUT2D eigenvalue weighted by Gasteiger charge is -2.26. The summed E-state index contributed by atoms with van der Waals surface area (Å²) in [7, 11) is 0. The highest BCUT2D eigenvalue weighted by molar-refractivity contribution is 7.71. The Morgan fingerprint density at radius 3 is 2.58 bits per heavy atom.